The van der Waals surface area contributed by atoms with Gasteiger partial charge in [-0.1, -0.05) is 30.6 Å². The van der Waals surface area contributed by atoms with Gasteiger partial charge in [-0.25, -0.2) is 9.59 Å². The minimum Gasteiger partial charge on any atom is -0.459 e. The summed E-state index contributed by atoms with van der Waals surface area (Å²) in [4.78, 5) is 21.9. The Kier molecular flexibility index (Phi) is 10.4. The monoisotopic (exact) mass is 365 g/mol. The summed E-state index contributed by atoms with van der Waals surface area (Å²) in [6.07, 6.45) is 0.185. The Balaban J connectivity index is 1.96. The first-order valence-electron chi connectivity index (χ1n) is 6.80. The molecule has 130 valence electrons. The molecule has 1 aliphatic heterocycles. The van der Waals surface area contributed by atoms with Crippen molar-refractivity contribution in [2.45, 2.75) is 5.25 Å². The molecule has 0 unspecified atom stereocenters. The van der Waals surface area contributed by atoms with Gasteiger partial charge in [0.25, 0.3) is 0 Å². The van der Waals surface area contributed by atoms with Crippen LogP contribution in [0.2, 0.25) is 0 Å². The second-order valence-electron chi connectivity index (χ2n) is 4.13. The van der Waals surface area contributed by atoms with Crippen LogP contribution in [0.15, 0.2) is 12.7 Å². The largest absolute Gasteiger partial charge is 0.508 e. The lowest BCUT2D eigenvalue weighted by molar-refractivity contribution is -0.138. The van der Waals surface area contributed by atoms with Gasteiger partial charge in [0.1, 0.15) is 30.9 Å². The smallest absolute Gasteiger partial charge is 0.459 e. The Labute approximate surface area is 143 Å². The van der Waals surface area contributed by atoms with Crippen LogP contribution in [-0.4, -0.2) is 68.1 Å². The molecule has 1 heterocycles. The second kappa shape index (κ2) is 12.1. The van der Waals surface area contributed by atoms with Gasteiger partial charge in [0.15, 0.2) is 0 Å². The van der Waals surface area contributed by atoms with Crippen molar-refractivity contribution in [2.24, 2.45) is 0 Å². The van der Waals surface area contributed by atoms with Crippen LogP contribution in [0.25, 0.3) is 0 Å². The fraction of sp³-hybridized carbons (Fsp3) is 0.615. The third-order valence-corrected chi connectivity index (χ3v) is 3.75. The summed E-state index contributed by atoms with van der Waals surface area (Å²) in [5.41, 5.74) is 0. The predicted molar refractivity (Wildman–Crippen MR) is 87.2 cm³/mol. The van der Waals surface area contributed by atoms with Crippen LogP contribution in [0.1, 0.15) is 0 Å². The molecule has 0 bridgehead atoms. The van der Waals surface area contributed by atoms with Crippen LogP contribution in [0.5, 0.6) is 0 Å². The van der Waals surface area contributed by atoms with Crippen LogP contribution in [0.4, 0.5) is 4.79 Å². The van der Waals surface area contributed by atoms with E-state index in [9.17, 15) is 9.59 Å². The quantitative estimate of drug-likeness (QED) is 0.289. The van der Waals surface area contributed by atoms with Gasteiger partial charge in [0.05, 0.1) is 25.0 Å². The van der Waals surface area contributed by atoms with Crippen molar-refractivity contribution in [3.05, 3.63) is 12.7 Å². The minimum atomic E-state index is -0.839. The van der Waals surface area contributed by atoms with E-state index in [1.807, 2.05) is 0 Å². The molecule has 23 heavy (non-hydrogen) atoms. The highest BCUT2D eigenvalue weighted by atomic mass is 32.2. The van der Waals surface area contributed by atoms with E-state index in [1.165, 1.54) is 11.8 Å². The predicted octanol–water partition coefficient (Wildman–Crippen LogP) is 0.849. The zero-order valence-corrected chi connectivity index (χ0v) is 14.1. The van der Waals surface area contributed by atoms with Crippen molar-refractivity contribution in [3.63, 3.8) is 0 Å². The average molecular weight is 365 g/mol. The Morgan fingerprint density at radius 1 is 1.22 bits per heavy atom. The minimum absolute atomic E-state index is 0.0511. The Morgan fingerprint density at radius 3 is 2.57 bits per heavy atom. The second-order valence-corrected chi connectivity index (χ2v) is 6.11. The Hall–Kier alpha value is -1.36. The SMILES string of the molecule is C=CC(=O)OCCOC(=O)OCCNC(=S)SC1COCOC1. The van der Waals surface area contributed by atoms with Crippen LogP contribution < -0.4 is 5.32 Å². The van der Waals surface area contributed by atoms with Crippen LogP contribution in [0.3, 0.4) is 0 Å². The molecule has 1 saturated heterocycles. The van der Waals surface area contributed by atoms with E-state index >= 15 is 0 Å². The van der Waals surface area contributed by atoms with E-state index in [2.05, 4.69) is 16.6 Å². The normalized spacial score (nSPS) is 14.6. The average Bonchev–Trinajstić information content (AvgIpc) is 2.56. The Morgan fingerprint density at radius 2 is 1.87 bits per heavy atom. The summed E-state index contributed by atoms with van der Waals surface area (Å²) in [6, 6.07) is 0. The molecule has 0 atom stereocenters. The lowest BCUT2D eigenvalue weighted by Gasteiger charge is -2.22. The number of thioether (sulfide) groups is 1. The van der Waals surface area contributed by atoms with E-state index in [0.29, 0.717) is 30.9 Å². The molecule has 1 N–H and O–H groups in total. The molecule has 1 aliphatic rings. The van der Waals surface area contributed by atoms with E-state index in [1.54, 1.807) is 0 Å². The molecule has 0 spiro atoms. The van der Waals surface area contributed by atoms with E-state index in [-0.39, 0.29) is 25.1 Å². The highest BCUT2D eigenvalue weighted by Crippen LogP contribution is 2.15. The molecule has 10 heteroatoms. The van der Waals surface area contributed by atoms with Crippen molar-refractivity contribution >= 4 is 40.4 Å². The van der Waals surface area contributed by atoms with Crippen molar-refractivity contribution in [1.82, 2.24) is 5.32 Å². The molecule has 0 aromatic heterocycles. The molecule has 0 radical (unpaired) electrons. The summed E-state index contributed by atoms with van der Waals surface area (Å²) in [7, 11) is 0. The molecule has 0 saturated carbocycles. The number of carbonyl (C=O) groups is 2. The third kappa shape index (κ3) is 10.1. The van der Waals surface area contributed by atoms with Crippen LogP contribution >= 0.6 is 24.0 Å². The molecule has 0 amide bonds. The van der Waals surface area contributed by atoms with Gasteiger partial charge >= 0.3 is 12.1 Å². The number of ether oxygens (including phenoxy) is 5. The molecule has 1 fully saturated rings. The van der Waals surface area contributed by atoms with E-state index < -0.39 is 12.1 Å². The van der Waals surface area contributed by atoms with Gasteiger partial charge in [-0.15, -0.1) is 0 Å². The number of carbonyl (C=O) groups excluding carboxylic acids is 2. The summed E-state index contributed by atoms with van der Waals surface area (Å²) in [5.74, 6) is -0.578. The number of esters is 1. The number of hydrogen-bond donors (Lipinski definition) is 1. The molecule has 1 rings (SSSR count). The number of rotatable bonds is 8. The molecular weight excluding hydrogens is 346 g/mol. The lowest BCUT2D eigenvalue weighted by Crippen LogP contribution is -2.31. The fourth-order valence-electron chi connectivity index (χ4n) is 1.38. The topological polar surface area (TPSA) is 92.3 Å². The fourth-order valence-corrected chi connectivity index (χ4v) is 2.71. The van der Waals surface area contributed by atoms with Crippen molar-refractivity contribution in [2.75, 3.05) is 46.4 Å². The zero-order valence-electron chi connectivity index (χ0n) is 12.5. The highest BCUT2D eigenvalue weighted by Gasteiger charge is 2.16. The van der Waals surface area contributed by atoms with Gasteiger partial charge in [-0.3, -0.25) is 0 Å². The first kappa shape index (κ1) is 19.7. The summed E-state index contributed by atoms with van der Waals surface area (Å²) >= 11 is 6.59. The molecule has 0 aromatic carbocycles. The number of nitrogens with one attached hydrogen (secondary N) is 1. The molecular formula is C13H19NO7S2. The summed E-state index contributed by atoms with van der Waals surface area (Å²) < 4.78 is 25.0. The highest BCUT2D eigenvalue weighted by molar-refractivity contribution is 8.23. The third-order valence-electron chi connectivity index (χ3n) is 2.35. The Bertz CT molecular complexity index is 413. The van der Waals surface area contributed by atoms with Crippen LogP contribution in [-0.2, 0) is 28.5 Å². The first-order chi connectivity index (χ1) is 11.1. The van der Waals surface area contributed by atoms with Gasteiger partial charge in [0, 0.05) is 6.08 Å². The van der Waals surface area contributed by atoms with Gasteiger partial charge in [0.2, 0.25) is 0 Å². The number of hydrogen-bond acceptors (Lipinski definition) is 9. The maximum absolute atomic E-state index is 11.2. The van der Waals surface area contributed by atoms with Gasteiger partial charge in [-0.2, -0.15) is 0 Å². The van der Waals surface area contributed by atoms with Crippen molar-refractivity contribution in [1.29, 1.82) is 0 Å². The van der Waals surface area contributed by atoms with E-state index in [4.69, 9.17) is 31.2 Å². The molecule has 0 aromatic rings. The lowest BCUT2D eigenvalue weighted by atomic mass is 10.5. The zero-order chi connectivity index (χ0) is 16.9. The number of thiocarbonyl (C=S) groups is 1. The maximum Gasteiger partial charge on any atom is 0.508 e. The molecule has 8 nitrogen and oxygen atoms in total. The first-order valence-corrected chi connectivity index (χ1v) is 8.09. The summed E-state index contributed by atoms with van der Waals surface area (Å²) in [6.45, 7) is 5.06. The summed E-state index contributed by atoms with van der Waals surface area (Å²) in [5, 5.41) is 3.11. The maximum atomic E-state index is 11.2. The molecule has 0 aliphatic carbocycles. The standard InChI is InChI=1S/C13H19NO7S2/c1-2-11(15)19-5-6-21-13(16)20-4-3-14-12(22)23-10-7-17-9-18-8-10/h2,10H,1,3-9H2,(H,14,22). The van der Waals surface area contributed by atoms with Crippen LogP contribution in [0, 0.1) is 0 Å². The van der Waals surface area contributed by atoms with Gasteiger partial charge < -0.3 is 29.0 Å². The van der Waals surface area contributed by atoms with Crippen molar-refractivity contribution < 1.29 is 33.3 Å². The van der Waals surface area contributed by atoms with Gasteiger partial charge in [-0.05, 0) is 0 Å². The van der Waals surface area contributed by atoms with Crippen molar-refractivity contribution in [3.8, 4) is 0 Å². The van der Waals surface area contributed by atoms with E-state index in [0.717, 1.165) is 6.08 Å².